The molecular formula is C14H21FIN3. The molecule has 0 atom stereocenters. The second kappa shape index (κ2) is 8.35. The van der Waals surface area contributed by atoms with Gasteiger partial charge in [0.1, 0.15) is 5.82 Å². The van der Waals surface area contributed by atoms with E-state index in [2.05, 4.69) is 10.3 Å². The van der Waals surface area contributed by atoms with E-state index in [-0.39, 0.29) is 29.8 Å². The molecule has 1 aromatic carbocycles. The van der Waals surface area contributed by atoms with Gasteiger partial charge in [0.05, 0.1) is 0 Å². The van der Waals surface area contributed by atoms with Crippen LogP contribution in [0.5, 0.6) is 0 Å². The van der Waals surface area contributed by atoms with Crippen LogP contribution in [0.3, 0.4) is 0 Å². The Labute approximate surface area is 130 Å². The largest absolute Gasteiger partial charge is 0.370 e. The first-order valence-corrected chi connectivity index (χ1v) is 6.52. The molecule has 0 unspecified atom stereocenters. The lowest BCUT2D eigenvalue weighted by Crippen LogP contribution is -2.34. The zero-order valence-corrected chi connectivity index (χ0v) is 13.3. The zero-order valence-electron chi connectivity index (χ0n) is 10.9. The van der Waals surface area contributed by atoms with Crippen molar-refractivity contribution in [3.8, 4) is 0 Å². The maximum Gasteiger partial charge on any atom is 0.188 e. The second-order valence-electron chi connectivity index (χ2n) is 4.83. The summed E-state index contributed by atoms with van der Waals surface area (Å²) < 4.78 is 12.7. The SMILES string of the molecule is I.NC(=NCC1CCC1)NCCc1ccc(F)cc1. The molecule has 0 aliphatic heterocycles. The lowest BCUT2D eigenvalue weighted by molar-refractivity contribution is 0.326. The molecule has 1 aliphatic rings. The highest BCUT2D eigenvalue weighted by atomic mass is 127. The summed E-state index contributed by atoms with van der Waals surface area (Å²) in [6.07, 6.45) is 4.72. The molecule has 0 heterocycles. The summed E-state index contributed by atoms with van der Waals surface area (Å²) in [4.78, 5) is 4.31. The molecule has 19 heavy (non-hydrogen) atoms. The van der Waals surface area contributed by atoms with E-state index in [0.29, 0.717) is 5.96 Å². The summed E-state index contributed by atoms with van der Waals surface area (Å²) in [7, 11) is 0. The minimum absolute atomic E-state index is 0. The Bertz CT molecular complexity index is 402. The summed E-state index contributed by atoms with van der Waals surface area (Å²) in [6, 6.07) is 6.53. The van der Waals surface area contributed by atoms with Crippen LogP contribution in [0.15, 0.2) is 29.3 Å². The van der Waals surface area contributed by atoms with Crippen LogP contribution in [-0.4, -0.2) is 19.0 Å². The van der Waals surface area contributed by atoms with Crippen LogP contribution in [0.1, 0.15) is 24.8 Å². The maximum atomic E-state index is 12.7. The van der Waals surface area contributed by atoms with Gasteiger partial charge in [0.25, 0.3) is 0 Å². The molecule has 3 N–H and O–H groups in total. The van der Waals surface area contributed by atoms with Crippen molar-refractivity contribution in [3.05, 3.63) is 35.6 Å². The molecule has 2 rings (SSSR count). The van der Waals surface area contributed by atoms with E-state index >= 15 is 0 Å². The number of rotatable bonds is 5. The molecule has 1 aliphatic carbocycles. The zero-order chi connectivity index (χ0) is 12.8. The highest BCUT2D eigenvalue weighted by Gasteiger charge is 2.16. The monoisotopic (exact) mass is 377 g/mol. The number of nitrogens with zero attached hydrogens (tertiary/aromatic N) is 1. The molecule has 1 fully saturated rings. The van der Waals surface area contributed by atoms with E-state index in [0.717, 1.165) is 31.0 Å². The topological polar surface area (TPSA) is 50.4 Å². The number of nitrogens with two attached hydrogens (primary N) is 1. The second-order valence-corrected chi connectivity index (χ2v) is 4.83. The van der Waals surface area contributed by atoms with Crippen molar-refractivity contribution < 1.29 is 4.39 Å². The highest BCUT2D eigenvalue weighted by molar-refractivity contribution is 14.0. The van der Waals surface area contributed by atoms with E-state index < -0.39 is 0 Å². The Balaban J connectivity index is 0.00000180. The van der Waals surface area contributed by atoms with Crippen LogP contribution in [-0.2, 0) is 6.42 Å². The molecule has 0 spiro atoms. The molecular weight excluding hydrogens is 356 g/mol. The van der Waals surface area contributed by atoms with Crippen LogP contribution < -0.4 is 11.1 Å². The summed E-state index contributed by atoms with van der Waals surface area (Å²) in [5, 5.41) is 3.08. The Morgan fingerprint density at radius 1 is 1.32 bits per heavy atom. The Hall–Kier alpha value is -0.850. The van der Waals surface area contributed by atoms with Gasteiger partial charge in [-0.2, -0.15) is 0 Å². The first-order valence-electron chi connectivity index (χ1n) is 6.52. The third-order valence-electron chi connectivity index (χ3n) is 3.38. The number of aliphatic imine (C=N–C) groups is 1. The number of benzene rings is 1. The normalized spacial score (nSPS) is 15.5. The molecule has 1 aromatic rings. The molecule has 0 aromatic heterocycles. The third kappa shape index (κ3) is 5.76. The first kappa shape index (κ1) is 16.2. The molecule has 106 valence electrons. The van der Waals surface area contributed by atoms with Crippen molar-refractivity contribution in [2.24, 2.45) is 16.6 Å². The molecule has 3 nitrogen and oxygen atoms in total. The van der Waals surface area contributed by atoms with Crippen LogP contribution in [0.2, 0.25) is 0 Å². The molecule has 1 saturated carbocycles. The number of guanidine groups is 1. The van der Waals surface area contributed by atoms with Crippen molar-refractivity contribution in [2.75, 3.05) is 13.1 Å². The van der Waals surface area contributed by atoms with Crippen molar-refractivity contribution in [1.29, 1.82) is 0 Å². The molecule has 0 amide bonds. The van der Waals surface area contributed by atoms with Gasteiger partial charge < -0.3 is 11.1 Å². The summed E-state index contributed by atoms with van der Waals surface area (Å²) in [6.45, 7) is 1.57. The van der Waals surface area contributed by atoms with Gasteiger partial charge in [-0.1, -0.05) is 18.6 Å². The van der Waals surface area contributed by atoms with E-state index in [1.807, 2.05) is 0 Å². The van der Waals surface area contributed by atoms with E-state index in [9.17, 15) is 4.39 Å². The van der Waals surface area contributed by atoms with Crippen molar-refractivity contribution in [2.45, 2.75) is 25.7 Å². The minimum Gasteiger partial charge on any atom is -0.370 e. The Kier molecular flexibility index (Phi) is 7.12. The summed E-state index contributed by atoms with van der Waals surface area (Å²) >= 11 is 0. The van der Waals surface area contributed by atoms with Gasteiger partial charge in [-0.3, -0.25) is 4.99 Å². The molecule has 5 heteroatoms. The van der Waals surface area contributed by atoms with Crippen LogP contribution in [0, 0.1) is 11.7 Å². The number of nitrogens with one attached hydrogen (secondary N) is 1. The highest BCUT2D eigenvalue weighted by Crippen LogP contribution is 2.26. The van der Waals surface area contributed by atoms with E-state index in [1.54, 1.807) is 12.1 Å². The minimum atomic E-state index is -0.201. The van der Waals surface area contributed by atoms with E-state index in [1.165, 1.54) is 31.4 Å². The van der Waals surface area contributed by atoms with Gasteiger partial charge in [-0.25, -0.2) is 4.39 Å². The molecule has 0 saturated heterocycles. The summed E-state index contributed by atoms with van der Waals surface area (Å²) in [5.41, 5.74) is 6.86. The number of halogens is 2. The van der Waals surface area contributed by atoms with Crippen LogP contribution in [0.25, 0.3) is 0 Å². The van der Waals surface area contributed by atoms with Gasteiger partial charge in [-0.05, 0) is 42.9 Å². The average molecular weight is 377 g/mol. The predicted molar refractivity (Wildman–Crippen MR) is 87.4 cm³/mol. The van der Waals surface area contributed by atoms with Gasteiger partial charge >= 0.3 is 0 Å². The third-order valence-corrected chi connectivity index (χ3v) is 3.38. The van der Waals surface area contributed by atoms with Crippen LogP contribution in [0.4, 0.5) is 4.39 Å². The Morgan fingerprint density at radius 3 is 2.58 bits per heavy atom. The Morgan fingerprint density at radius 2 is 2.00 bits per heavy atom. The fourth-order valence-corrected chi connectivity index (χ4v) is 1.94. The van der Waals surface area contributed by atoms with Gasteiger partial charge in [0.15, 0.2) is 5.96 Å². The lowest BCUT2D eigenvalue weighted by Gasteiger charge is -2.23. The fraction of sp³-hybridized carbons (Fsp3) is 0.500. The fourth-order valence-electron chi connectivity index (χ4n) is 1.94. The maximum absolute atomic E-state index is 12.7. The summed E-state index contributed by atoms with van der Waals surface area (Å²) in [5.74, 6) is 1.06. The van der Waals surface area contributed by atoms with E-state index in [4.69, 9.17) is 5.73 Å². The molecule has 0 bridgehead atoms. The first-order chi connectivity index (χ1) is 8.74. The van der Waals surface area contributed by atoms with Gasteiger partial charge in [-0.15, -0.1) is 24.0 Å². The van der Waals surface area contributed by atoms with Crippen molar-refractivity contribution in [1.82, 2.24) is 5.32 Å². The average Bonchev–Trinajstić information content (AvgIpc) is 2.30. The smallest absolute Gasteiger partial charge is 0.188 e. The van der Waals surface area contributed by atoms with Crippen molar-refractivity contribution >= 4 is 29.9 Å². The quantitative estimate of drug-likeness (QED) is 0.471. The predicted octanol–water partition coefficient (Wildman–Crippen LogP) is 2.69. The number of hydrogen-bond acceptors (Lipinski definition) is 1. The number of hydrogen-bond donors (Lipinski definition) is 2. The van der Waals surface area contributed by atoms with Crippen LogP contribution >= 0.6 is 24.0 Å². The standard InChI is InChI=1S/C14H20FN3.HI/c15-13-6-4-11(5-7-13)8-9-17-14(16)18-10-12-2-1-3-12;/h4-7,12H,1-3,8-10H2,(H3,16,17,18);1H. The van der Waals surface area contributed by atoms with Crippen molar-refractivity contribution in [3.63, 3.8) is 0 Å². The molecule has 0 radical (unpaired) electrons. The van der Waals surface area contributed by atoms with Gasteiger partial charge in [0.2, 0.25) is 0 Å². The lowest BCUT2D eigenvalue weighted by atomic mass is 9.86. The van der Waals surface area contributed by atoms with Gasteiger partial charge in [0, 0.05) is 13.1 Å².